The minimum Gasteiger partial charge on any atom is -0.493 e. The zero-order valence-corrected chi connectivity index (χ0v) is 18.7. The van der Waals surface area contributed by atoms with Crippen LogP contribution in [0.3, 0.4) is 0 Å². The number of esters is 1. The lowest BCUT2D eigenvalue weighted by molar-refractivity contribution is -0.385. The standard InChI is InChI=1S/C22H20F3N3O7/c1-4-34-20(29)18-11(2)26-21(30)27-19(18)12-5-7-16(17(9-12)33-3)35-15-8-6-13(22(23,24)25)10-14(15)28(31)32/h5-10,19H,4H2,1-3H3,(H2,26,27,30)/t19-/m0/s1. The first-order valence-electron chi connectivity index (χ1n) is 10.1. The second kappa shape index (κ2) is 9.91. The molecule has 1 aliphatic rings. The van der Waals surface area contributed by atoms with E-state index in [1.54, 1.807) is 6.92 Å². The second-order valence-electron chi connectivity index (χ2n) is 7.24. The molecule has 1 aliphatic heterocycles. The summed E-state index contributed by atoms with van der Waals surface area (Å²) in [7, 11) is 1.28. The molecule has 0 spiro atoms. The summed E-state index contributed by atoms with van der Waals surface area (Å²) in [5.74, 6) is -1.09. The normalized spacial score (nSPS) is 15.7. The number of halogens is 3. The predicted molar refractivity (Wildman–Crippen MR) is 115 cm³/mol. The van der Waals surface area contributed by atoms with Crippen molar-refractivity contribution in [1.29, 1.82) is 0 Å². The van der Waals surface area contributed by atoms with Crippen LogP contribution in [0.5, 0.6) is 17.2 Å². The molecule has 0 aliphatic carbocycles. The Morgan fingerprint density at radius 3 is 2.43 bits per heavy atom. The van der Waals surface area contributed by atoms with Crippen molar-refractivity contribution in [3.05, 3.63) is 68.9 Å². The van der Waals surface area contributed by atoms with E-state index in [0.717, 1.165) is 6.07 Å². The number of carbonyl (C=O) groups is 2. The molecule has 3 rings (SSSR count). The maximum atomic E-state index is 13.0. The van der Waals surface area contributed by atoms with Gasteiger partial charge in [-0.05, 0) is 43.7 Å². The van der Waals surface area contributed by atoms with Crippen LogP contribution in [0.15, 0.2) is 47.7 Å². The lowest BCUT2D eigenvalue weighted by Crippen LogP contribution is -2.45. The number of allylic oxidation sites excluding steroid dienone is 1. The number of nitrogens with one attached hydrogen (secondary N) is 2. The Morgan fingerprint density at radius 1 is 1.14 bits per heavy atom. The topological polar surface area (TPSA) is 129 Å². The highest BCUT2D eigenvalue weighted by atomic mass is 19.4. The molecule has 2 aromatic rings. The van der Waals surface area contributed by atoms with E-state index in [1.807, 2.05) is 0 Å². The van der Waals surface area contributed by atoms with Gasteiger partial charge in [0, 0.05) is 11.8 Å². The van der Waals surface area contributed by atoms with Crippen molar-refractivity contribution in [3.63, 3.8) is 0 Å². The van der Waals surface area contributed by atoms with Crippen LogP contribution in [-0.2, 0) is 15.7 Å². The van der Waals surface area contributed by atoms with Crippen molar-refractivity contribution in [2.45, 2.75) is 26.1 Å². The third kappa shape index (κ3) is 5.45. The average Bonchev–Trinajstić information content (AvgIpc) is 2.78. The summed E-state index contributed by atoms with van der Waals surface area (Å²) in [4.78, 5) is 34.9. The number of nitrogens with zero attached hydrogens (tertiary/aromatic N) is 1. The van der Waals surface area contributed by atoms with Gasteiger partial charge in [0.25, 0.3) is 0 Å². The molecule has 13 heteroatoms. The van der Waals surface area contributed by atoms with E-state index in [1.165, 1.54) is 32.2 Å². The van der Waals surface area contributed by atoms with Crippen LogP contribution in [-0.4, -0.2) is 30.6 Å². The SMILES string of the molecule is CCOC(=O)C1=C(C)NC(=O)N[C@H]1c1ccc(Oc2ccc(C(F)(F)F)cc2[N+](=O)[O-])c(OC)c1. The number of hydrogen-bond donors (Lipinski definition) is 2. The predicted octanol–water partition coefficient (Wildman–Crippen LogP) is 4.61. The molecule has 0 radical (unpaired) electrons. The van der Waals surface area contributed by atoms with Gasteiger partial charge in [-0.3, -0.25) is 10.1 Å². The quantitative estimate of drug-likeness (QED) is 0.326. The number of alkyl halides is 3. The number of rotatable bonds is 7. The van der Waals surface area contributed by atoms with Crippen LogP contribution in [0, 0.1) is 10.1 Å². The van der Waals surface area contributed by atoms with Crippen molar-refractivity contribution >= 4 is 17.7 Å². The Bertz CT molecular complexity index is 1210. The van der Waals surface area contributed by atoms with E-state index in [0.29, 0.717) is 17.7 Å². The number of ether oxygens (including phenoxy) is 3. The van der Waals surface area contributed by atoms with Gasteiger partial charge in [0.1, 0.15) is 0 Å². The molecule has 2 aromatic carbocycles. The van der Waals surface area contributed by atoms with Crippen LogP contribution in [0.2, 0.25) is 0 Å². The van der Waals surface area contributed by atoms with E-state index in [2.05, 4.69) is 10.6 Å². The molecule has 0 unspecified atom stereocenters. The zero-order chi connectivity index (χ0) is 25.9. The molecule has 1 atom stereocenters. The lowest BCUT2D eigenvalue weighted by Gasteiger charge is -2.28. The largest absolute Gasteiger partial charge is 0.493 e. The Kier molecular flexibility index (Phi) is 7.17. The van der Waals surface area contributed by atoms with Crippen molar-refractivity contribution < 1.29 is 41.9 Å². The van der Waals surface area contributed by atoms with Crippen LogP contribution in [0.25, 0.3) is 0 Å². The second-order valence-corrected chi connectivity index (χ2v) is 7.24. The van der Waals surface area contributed by atoms with Crippen LogP contribution in [0.4, 0.5) is 23.7 Å². The molecule has 0 fully saturated rings. The number of methoxy groups -OCH3 is 1. The van der Waals surface area contributed by atoms with Crippen molar-refractivity contribution in [2.24, 2.45) is 0 Å². The third-order valence-electron chi connectivity index (χ3n) is 4.99. The number of carbonyl (C=O) groups excluding carboxylic acids is 2. The Hall–Kier alpha value is -4.29. The summed E-state index contributed by atoms with van der Waals surface area (Å²) in [6, 6.07) is 4.65. The fourth-order valence-electron chi connectivity index (χ4n) is 3.41. The number of nitro groups is 1. The summed E-state index contributed by atoms with van der Waals surface area (Å²) in [6.45, 7) is 3.28. The molecule has 10 nitrogen and oxygen atoms in total. The van der Waals surface area contributed by atoms with Gasteiger partial charge < -0.3 is 24.8 Å². The molecule has 0 bridgehead atoms. The third-order valence-corrected chi connectivity index (χ3v) is 4.99. The van der Waals surface area contributed by atoms with Gasteiger partial charge in [0.2, 0.25) is 5.75 Å². The highest BCUT2D eigenvalue weighted by molar-refractivity contribution is 5.95. The lowest BCUT2D eigenvalue weighted by atomic mass is 9.95. The van der Waals surface area contributed by atoms with Crippen molar-refractivity contribution in [3.8, 4) is 17.2 Å². The van der Waals surface area contributed by atoms with Gasteiger partial charge in [-0.1, -0.05) is 6.07 Å². The van der Waals surface area contributed by atoms with Gasteiger partial charge in [0.05, 0.1) is 35.8 Å². The molecule has 35 heavy (non-hydrogen) atoms. The Balaban J connectivity index is 2.00. The first-order valence-corrected chi connectivity index (χ1v) is 10.1. The Morgan fingerprint density at radius 2 is 1.83 bits per heavy atom. The van der Waals surface area contributed by atoms with Crippen LogP contribution >= 0.6 is 0 Å². The summed E-state index contributed by atoms with van der Waals surface area (Å²) >= 11 is 0. The monoisotopic (exact) mass is 495 g/mol. The first kappa shape index (κ1) is 25.3. The number of urea groups is 1. The van der Waals surface area contributed by atoms with E-state index in [4.69, 9.17) is 14.2 Å². The summed E-state index contributed by atoms with van der Waals surface area (Å²) < 4.78 is 54.8. The smallest absolute Gasteiger partial charge is 0.416 e. The highest BCUT2D eigenvalue weighted by Gasteiger charge is 2.34. The zero-order valence-electron chi connectivity index (χ0n) is 18.7. The van der Waals surface area contributed by atoms with Gasteiger partial charge >= 0.3 is 23.9 Å². The number of nitro benzene ring substituents is 1. The van der Waals surface area contributed by atoms with Gasteiger partial charge in [-0.25, -0.2) is 9.59 Å². The van der Waals surface area contributed by atoms with E-state index in [9.17, 15) is 32.9 Å². The first-order chi connectivity index (χ1) is 16.5. The molecule has 0 saturated heterocycles. The highest BCUT2D eigenvalue weighted by Crippen LogP contribution is 2.41. The number of benzene rings is 2. The summed E-state index contributed by atoms with van der Waals surface area (Å²) in [5.41, 5.74) is -1.25. The molecule has 1 heterocycles. The molecule has 2 N–H and O–H groups in total. The molecular formula is C22H20F3N3O7. The maximum Gasteiger partial charge on any atom is 0.416 e. The van der Waals surface area contributed by atoms with Crippen molar-refractivity contribution in [1.82, 2.24) is 10.6 Å². The molecule has 2 amide bonds. The minimum atomic E-state index is -4.77. The summed E-state index contributed by atoms with van der Waals surface area (Å²) in [5, 5.41) is 16.5. The van der Waals surface area contributed by atoms with E-state index in [-0.39, 0.29) is 29.4 Å². The molecule has 0 saturated carbocycles. The van der Waals surface area contributed by atoms with E-state index >= 15 is 0 Å². The molecular weight excluding hydrogens is 475 g/mol. The van der Waals surface area contributed by atoms with Gasteiger partial charge in [-0.15, -0.1) is 0 Å². The molecule has 0 aromatic heterocycles. The average molecular weight is 495 g/mol. The van der Waals surface area contributed by atoms with Gasteiger partial charge in [-0.2, -0.15) is 13.2 Å². The fourth-order valence-corrected chi connectivity index (χ4v) is 3.41. The molecule has 186 valence electrons. The van der Waals surface area contributed by atoms with Crippen LogP contribution in [0.1, 0.15) is 31.0 Å². The maximum absolute atomic E-state index is 13.0. The van der Waals surface area contributed by atoms with E-state index < -0.39 is 46.1 Å². The van der Waals surface area contributed by atoms with Gasteiger partial charge in [0.15, 0.2) is 11.5 Å². The fraction of sp³-hybridized carbons (Fsp3) is 0.273. The van der Waals surface area contributed by atoms with Crippen molar-refractivity contribution in [2.75, 3.05) is 13.7 Å². The summed E-state index contributed by atoms with van der Waals surface area (Å²) in [6.07, 6.45) is -4.77. The number of amides is 2. The minimum absolute atomic E-state index is 0.0437. The van der Waals surface area contributed by atoms with Crippen LogP contribution < -0.4 is 20.1 Å². The Labute approximate surface area is 196 Å². The number of hydrogen-bond acceptors (Lipinski definition) is 7.